The fourth-order valence-corrected chi connectivity index (χ4v) is 4.68. The minimum atomic E-state index is 0.526. The molecule has 3 rings (SSSR count). The Morgan fingerprint density at radius 2 is 2.28 bits per heavy atom. The number of nitrogens with one attached hydrogen (secondary N) is 1. The molecule has 1 aliphatic heterocycles. The molecule has 4 heteroatoms. The van der Waals surface area contributed by atoms with Gasteiger partial charge < -0.3 is 10.2 Å². The number of hydrogen-bond acceptors (Lipinski definition) is 4. The molecular weight excluding hydrogens is 242 g/mol. The lowest BCUT2D eigenvalue weighted by atomic mass is 10.1. The van der Waals surface area contributed by atoms with Crippen LogP contribution in [0.1, 0.15) is 49.6 Å². The summed E-state index contributed by atoms with van der Waals surface area (Å²) in [6.45, 7) is 6.68. The first kappa shape index (κ1) is 12.4. The maximum Gasteiger partial charge on any atom is 0.186 e. The number of hydrogen-bond donors (Lipinski definition) is 1. The second-order valence-electron chi connectivity index (χ2n) is 5.98. The molecule has 3 nitrogen and oxygen atoms in total. The lowest BCUT2D eigenvalue weighted by Gasteiger charge is -2.26. The number of nitrogens with zero attached hydrogens (tertiary/aromatic N) is 2. The second-order valence-corrected chi connectivity index (χ2v) is 7.04. The van der Waals surface area contributed by atoms with Gasteiger partial charge >= 0.3 is 0 Å². The quantitative estimate of drug-likeness (QED) is 0.907. The van der Waals surface area contributed by atoms with Gasteiger partial charge in [0.15, 0.2) is 5.13 Å². The van der Waals surface area contributed by atoms with Crippen molar-refractivity contribution >= 4 is 16.5 Å². The molecule has 0 aromatic carbocycles. The van der Waals surface area contributed by atoms with Crippen molar-refractivity contribution < 1.29 is 0 Å². The smallest absolute Gasteiger partial charge is 0.186 e. The van der Waals surface area contributed by atoms with Crippen molar-refractivity contribution in [3.05, 3.63) is 10.6 Å². The van der Waals surface area contributed by atoms with Gasteiger partial charge in [0, 0.05) is 24.0 Å². The first-order chi connectivity index (χ1) is 8.69. The van der Waals surface area contributed by atoms with Crippen molar-refractivity contribution in [1.82, 2.24) is 10.3 Å². The van der Waals surface area contributed by atoms with Gasteiger partial charge in [0.25, 0.3) is 0 Å². The molecule has 1 aromatic heterocycles. The fraction of sp³-hybridized carbons (Fsp3) is 0.786. The van der Waals surface area contributed by atoms with E-state index in [2.05, 4.69) is 24.1 Å². The van der Waals surface area contributed by atoms with Crippen LogP contribution in [0.3, 0.4) is 0 Å². The molecule has 18 heavy (non-hydrogen) atoms. The molecule has 2 fully saturated rings. The van der Waals surface area contributed by atoms with Crippen LogP contribution in [0, 0.1) is 5.92 Å². The highest BCUT2D eigenvalue weighted by Gasteiger charge is 2.39. The number of piperidine rings is 1. The van der Waals surface area contributed by atoms with Crippen molar-refractivity contribution in [1.29, 1.82) is 0 Å². The summed E-state index contributed by atoms with van der Waals surface area (Å²) < 4.78 is 0. The molecule has 100 valence electrons. The van der Waals surface area contributed by atoms with Crippen LogP contribution in [0.15, 0.2) is 0 Å². The van der Waals surface area contributed by atoms with Crippen LogP contribution in [0.2, 0.25) is 0 Å². The standard InChI is InChI=1S/C14H23N3S/c1-9(2)13-12(7-15-3)18-14(16-13)17-8-10-4-5-11(17)6-10/h9-11,15H,4-8H2,1-3H3. The average Bonchev–Trinajstić information content (AvgIpc) is 3.02. The van der Waals surface area contributed by atoms with E-state index in [1.54, 1.807) is 0 Å². The third-order valence-corrected chi connectivity index (χ3v) is 5.36. The van der Waals surface area contributed by atoms with Gasteiger partial charge in [-0.05, 0) is 38.1 Å². The summed E-state index contributed by atoms with van der Waals surface area (Å²) in [6.07, 6.45) is 4.22. The molecule has 0 amide bonds. The number of aromatic nitrogens is 1. The van der Waals surface area contributed by atoms with E-state index in [0.29, 0.717) is 5.92 Å². The largest absolute Gasteiger partial charge is 0.345 e. The lowest BCUT2D eigenvalue weighted by Crippen LogP contribution is -2.31. The van der Waals surface area contributed by atoms with Gasteiger partial charge in [0.1, 0.15) is 0 Å². The van der Waals surface area contributed by atoms with Crippen LogP contribution in [-0.2, 0) is 6.54 Å². The molecule has 2 bridgehead atoms. The molecule has 2 aliphatic rings. The Bertz CT molecular complexity index is 427. The van der Waals surface area contributed by atoms with Gasteiger partial charge in [-0.3, -0.25) is 0 Å². The Hall–Kier alpha value is -0.610. The molecular formula is C14H23N3S. The van der Waals surface area contributed by atoms with Crippen molar-refractivity contribution in [2.24, 2.45) is 5.92 Å². The first-order valence-electron chi connectivity index (χ1n) is 7.10. The Kier molecular flexibility index (Phi) is 3.32. The monoisotopic (exact) mass is 265 g/mol. The van der Waals surface area contributed by atoms with Crippen LogP contribution >= 0.6 is 11.3 Å². The van der Waals surface area contributed by atoms with Crippen LogP contribution in [0.4, 0.5) is 5.13 Å². The topological polar surface area (TPSA) is 28.2 Å². The Balaban J connectivity index is 1.86. The van der Waals surface area contributed by atoms with Crippen molar-refractivity contribution in [2.45, 2.75) is 51.6 Å². The highest BCUT2D eigenvalue weighted by atomic mass is 32.1. The van der Waals surface area contributed by atoms with Crippen LogP contribution in [0.5, 0.6) is 0 Å². The summed E-state index contributed by atoms with van der Waals surface area (Å²) in [4.78, 5) is 8.93. The third-order valence-electron chi connectivity index (χ3n) is 4.26. The molecule has 2 unspecified atom stereocenters. The van der Waals surface area contributed by atoms with E-state index in [0.717, 1.165) is 18.5 Å². The van der Waals surface area contributed by atoms with Crippen LogP contribution in [-0.4, -0.2) is 24.6 Å². The molecule has 0 spiro atoms. The maximum atomic E-state index is 4.93. The summed E-state index contributed by atoms with van der Waals surface area (Å²) >= 11 is 1.90. The number of anilines is 1. The summed E-state index contributed by atoms with van der Waals surface area (Å²) in [7, 11) is 2.02. The second kappa shape index (κ2) is 4.82. The van der Waals surface area contributed by atoms with Gasteiger partial charge in [-0.1, -0.05) is 13.8 Å². The van der Waals surface area contributed by atoms with E-state index in [-0.39, 0.29) is 0 Å². The summed E-state index contributed by atoms with van der Waals surface area (Å²) in [5.41, 5.74) is 1.30. The molecule has 1 aromatic rings. The molecule has 1 saturated heterocycles. The van der Waals surface area contributed by atoms with E-state index in [4.69, 9.17) is 4.98 Å². The zero-order chi connectivity index (χ0) is 12.7. The first-order valence-corrected chi connectivity index (χ1v) is 7.91. The molecule has 2 atom stereocenters. The Labute approximate surface area is 114 Å². The minimum absolute atomic E-state index is 0.526. The van der Waals surface area contributed by atoms with Gasteiger partial charge in [0.2, 0.25) is 0 Å². The summed E-state index contributed by atoms with van der Waals surface area (Å²) in [5, 5.41) is 4.54. The van der Waals surface area contributed by atoms with E-state index in [9.17, 15) is 0 Å². The van der Waals surface area contributed by atoms with Gasteiger partial charge in [0.05, 0.1) is 5.69 Å². The van der Waals surface area contributed by atoms with Crippen molar-refractivity contribution in [3.63, 3.8) is 0 Å². The van der Waals surface area contributed by atoms with Crippen LogP contribution < -0.4 is 10.2 Å². The van der Waals surface area contributed by atoms with Crippen LogP contribution in [0.25, 0.3) is 0 Å². The zero-order valence-corrected chi connectivity index (χ0v) is 12.4. The highest BCUT2D eigenvalue weighted by molar-refractivity contribution is 7.15. The highest BCUT2D eigenvalue weighted by Crippen LogP contribution is 2.42. The maximum absolute atomic E-state index is 4.93. The lowest BCUT2D eigenvalue weighted by molar-refractivity contribution is 0.552. The van der Waals surface area contributed by atoms with Gasteiger partial charge in [-0.25, -0.2) is 4.98 Å². The molecule has 1 aliphatic carbocycles. The summed E-state index contributed by atoms with van der Waals surface area (Å²) in [5.74, 6) is 1.47. The van der Waals surface area contributed by atoms with Crippen molar-refractivity contribution in [3.8, 4) is 0 Å². The molecule has 1 saturated carbocycles. The van der Waals surface area contributed by atoms with Gasteiger partial charge in [-0.2, -0.15) is 0 Å². The average molecular weight is 265 g/mol. The third kappa shape index (κ3) is 2.05. The Morgan fingerprint density at radius 3 is 2.83 bits per heavy atom. The van der Waals surface area contributed by atoms with E-state index in [1.165, 1.54) is 41.5 Å². The fourth-order valence-electron chi connectivity index (χ4n) is 3.37. The normalized spacial score (nSPS) is 26.6. The molecule has 2 heterocycles. The molecule has 1 N–H and O–H groups in total. The minimum Gasteiger partial charge on any atom is -0.345 e. The zero-order valence-electron chi connectivity index (χ0n) is 11.6. The van der Waals surface area contributed by atoms with E-state index >= 15 is 0 Å². The predicted octanol–water partition coefficient (Wildman–Crippen LogP) is 2.97. The van der Waals surface area contributed by atoms with Gasteiger partial charge in [-0.15, -0.1) is 11.3 Å². The Morgan fingerprint density at radius 1 is 1.44 bits per heavy atom. The number of thiazole rings is 1. The predicted molar refractivity (Wildman–Crippen MR) is 77.4 cm³/mol. The summed E-state index contributed by atoms with van der Waals surface area (Å²) in [6, 6.07) is 0.781. The SMILES string of the molecule is CNCc1sc(N2CC3CCC2C3)nc1C(C)C. The van der Waals surface area contributed by atoms with E-state index in [1.807, 2.05) is 18.4 Å². The number of fused-ring (bicyclic) bond motifs is 2. The number of rotatable bonds is 4. The van der Waals surface area contributed by atoms with Crippen molar-refractivity contribution in [2.75, 3.05) is 18.5 Å². The van der Waals surface area contributed by atoms with E-state index < -0.39 is 0 Å². The molecule has 0 radical (unpaired) electrons.